The standard InChI is InChI=1S/C24H25NO4/c26-21-5-6-22(27)19(10-21)14-25-20-3-1-18(2-4-20)23(28)29-24-11-15-7-16(12-24)9-17(8-15)13-24/h1-6,10,14-17,26-27H,7-9,11-13H2. The van der Waals surface area contributed by atoms with Crippen molar-refractivity contribution < 1.29 is 19.7 Å². The van der Waals surface area contributed by atoms with Crippen LogP contribution in [0.15, 0.2) is 47.5 Å². The van der Waals surface area contributed by atoms with Crippen LogP contribution >= 0.6 is 0 Å². The van der Waals surface area contributed by atoms with E-state index >= 15 is 0 Å². The molecule has 0 aromatic heterocycles. The molecule has 2 N–H and O–H groups in total. The highest BCUT2D eigenvalue weighted by atomic mass is 16.6. The van der Waals surface area contributed by atoms with Gasteiger partial charge in [0.25, 0.3) is 0 Å². The molecule has 4 bridgehead atoms. The first-order valence-corrected chi connectivity index (χ1v) is 10.4. The Kier molecular flexibility index (Phi) is 4.34. The number of hydrogen-bond donors (Lipinski definition) is 2. The minimum absolute atomic E-state index is 0.0438. The zero-order valence-corrected chi connectivity index (χ0v) is 16.3. The second-order valence-electron chi connectivity index (χ2n) is 9.04. The third kappa shape index (κ3) is 3.61. The van der Waals surface area contributed by atoms with Crippen molar-refractivity contribution in [2.24, 2.45) is 22.7 Å². The number of phenols is 2. The van der Waals surface area contributed by atoms with Crippen LogP contribution in [0.4, 0.5) is 5.69 Å². The molecule has 29 heavy (non-hydrogen) atoms. The molecule has 0 aliphatic heterocycles. The summed E-state index contributed by atoms with van der Waals surface area (Å²) in [4.78, 5) is 17.1. The van der Waals surface area contributed by atoms with Gasteiger partial charge in [-0.25, -0.2) is 4.79 Å². The quantitative estimate of drug-likeness (QED) is 0.438. The van der Waals surface area contributed by atoms with E-state index in [1.165, 1.54) is 43.7 Å². The van der Waals surface area contributed by atoms with Gasteiger partial charge in [0.2, 0.25) is 0 Å². The van der Waals surface area contributed by atoms with Crippen LogP contribution in [0.25, 0.3) is 0 Å². The van der Waals surface area contributed by atoms with Crippen LogP contribution in [0.3, 0.4) is 0 Å². The highest BCUT2D eigenvalue weighted by Crippen LogP contribution is 2.57. The molecule has 5 heteroatoms. The summed E-state index contributed by atoms with van der Waals surface area (Å²) in [6.07, 6.45) is 8.52. The van der Waals surface area contributed by atoms with E-state index in [2.05, 4.69) is 4.99 Å². The van der Waals surface area contributed by atoms with E-state index in [0.29, 0.717) is 16.8 Å². The van der Waals surface area contributed by atoms with Crippen LogP contribution < -0.4 is 0 Å². The van der Waals surface area contributed by atoms with Gasteiger partial charge in [-0.2, -0.15) is 0 Å². The second-order valence-corrected chi connectivity index (χ2v) is 9.04. The molecule has 0 saturated heterocycles. The fourth-order valence-electron chi connectivity index (χ4n) is 5.88. The monoisotopic (exact) mass is 391 g/mol. The number of carbonyl (C=O) groups is 1. The summed E-state index contributed by atoms with van der Waals surface area (Å²) in [6, 6.07) is 11.3. The van der Waals surface area contributed by atoms with Crippen molar-refractivity contribution in [2.45, 2.75) is 44.1 Å². The highest BCUT2D eigenvalue weighted by Gasteiger charge is 2.53. The van der Waals surface area contributed by atoms with Gasteiger partial charge >= 0.3 is 5.97 Å². The summed E-state index contributed by atoms with van der Waals surface area (Å²) in [5.41, 5.74) is 1.38. The van der Waals surface area contributed by atoms with Crippen molar-refractivity contribution in [2.75, 3.05) is 0 Å². The Bertz CT molecular complexity index is 928. The largest absolute Gasteiger partial charge is 0.508 e. The van der Waals surface area contributed by atoms with E-state index in [9.17, 15) is 15.0 Å². The first-order chi connectivity index (χ1) is 14.0. The van der Waals surface area contributed by atoms with Crippen LogP contribution in [0.5, 0.6) is 11.5 Å². The molecule has 0 amide bonds. The number of aromatic hydroxyl groups is 2. The highest BCUT2D eigenvalue weighted by molar-refractivity contribution is 5.90. The van der Waals surface area contributed by atoms with Crippen LogP contribution in [0.1, 0.15) is 54.4 Å². The van der Waals surface area contributed by atoms with Gasteiger partial charge in [0.1, 0.15) is 17.1 Å². The minimum Gasteiger partial charge on any atom is -0.508 e. The van der Waals surface area contributed by atoms with Crippen LogP contribution in [-0.2, 0) is 4.74 Å². The lowest BCUT2D eigenvalue weighted by Gasteiger charge is -2.55. The fraction of sp³-hybridized carbons (Fsp3) is 0.417. The number of phenolic OH excluding ortho intramolecular Hbond substituents is 2. The molecule has 0 radical (unpaired) electrons. The van der Waals surface area contributed by atoms with Crippen molar-refractivity contribution in [3.05, 3.63) is 53.6 Å². The van der Waals surface area contributed by atoms with Crippen LogP contribution in [0, 0.1) is 17.8 Å². The lowest BCUT2D eigenvalue weighted by molar-refractivity contribution is -0.131. The Balaban J connectivity index is 1.27. The summed E-state index contributed by atoms with van der Waals surface area (Å²) in [6.45, 7) is 0. The Morgan fingerprint density at radius 2 is 1.59 bits per heavy atom. The van der Waals surface area contributed by atoms with Crippen molar-refractivity contribution >= 4 is 17.9 Å². The molecule has 150 valence electrons. The molecule has 0 unspecified atom stereocenters. The zero-order chi connectivity index (χ0) is 20.0. The molecule has 0 heterocycles. The molecular formula is C24H25NO4. The van der Waals surface area contributed by atoms with E-state index in [-0.39, 0.29) is 23.1 Å². The van der Waals surface area contributed by atoms with Gasteiger partial charge in [-0.05, 0) is 98.7 Å². The lowest BCUT2D eigenvalue weighted by atomic mass is 9.54. The molecule has 4 aliphatic rings. The number of carbonyl (C=O) groups excluding carboxylic acids is 1. The normalized spacial score (nSPS) is 30.0. The zero-order valence-electron chi connectivity index (χ0n) is 16.3. The molecule has 2 aromatic carbocycles. The summed E-state index contributed by atoms with van der Waals surface area (Å²) >= 11 is 0. The summed E-state index contributed by atoms with van der Waals surface area (Å²) in [5, 5.41) is 19.3. The number of hydrogen-bond acceptors (Lipinski definition) is 5. The lowest BCUT2D eigenvalue weighted by Crippen LogP contribution is -2.52. The van der Waals surface area contributed by atoms with Crippen molar-refractivity contribution in [1.29, 1.82) is 0 Å². The van der Waals surface area contributed by atoms with Crippen LogP contribution in [0.2, 0.25) is 0 Å². The first kappa shape index (κ1) is 18.2. The number of nitrogens with zero attached hydrogens (tertiary/aromatic N) is 1. The second kappa shape index (κ2) is 6.90. The number of esters is 1. The summed E-state index contributed by atoms with van der Waals surface area (Å²) in [5.74, 6) is 2.07. The van der Waals surface area contributed by atoms with Crippen molar-refractivity contribution in [3.8, 4) is 11.5 Å². The number of aliphatic imine (C=N–C) groups is 1. The van der Waals surface area contributed by atoms with Gasteiger partial charge in [-0.15, -0.1) is 0 Å². The molecule has 2 aromatic rings. The molecule has 0 atom stereocenters. The molecular weight excluding hydrogens is 366 g/mol. The van der Waals surface area contributed by atoms with Gasteiger partial charge in [0.05, 0.1) is 11.3 Å². The maximum Gasteiger partial charge on any atom is 0.338 e. The van der Waals surface area contributed by atoms with Gasteiger partial charge < -0.3 is 14.9 Å². The average molecular weight is 391 g/mol. The van der Waals surface area contributed by atoms with E-state index < -0.39 is 0 Å². The SMILES string of the molecule is O=C(OC12CC3CC(CC(C3)C1)C2)c1ccc(N=Cc2cc(O)ccc2O)cc1. The predicted molar refractivity (Wildman–Crippen MR) is 110 cm³/mol. The molecule has 5 nitrogen and oxygen atoms in total. The Labute approximate surface area is 170 Å². The predicted octanol–water partition coefficient (Wildman–Crippen LogP) is 4.97. The van der Waals surface area contributed by atoms with Gasteiger partial charge in [-0.3, -0.25) is 4.99 Å². The van der Waals surface area contributed by atoms with Crippen molar-refractivity contribution in [1.82, 2.24) is 0 Å². The maximum atomic E-state index is 12.8. The maximum absolute atomic E-state index is 12.8. The fourth-order valence-corrected chi connectivity index (χ4v) is 5.88. The number of rotatable bonds is 4. The van der Waals surface area contributed by atoms with E-state index in [1.54, 1.807) is 24.3 Å². The molecule has 6 rings (SSSR count). The number of ether oxygens (including phenoxy) is 1. The molecule has 4 fully saturated rings. The van der Waals surface area contributed by atoms with Gasteiger partial charge in [-0.1, -0.05) is 0 Å². The third-order valence-electron chi connectivity index (χ3n) is 6.76. The third-order valence-corrected chi connectivity index (χ3v) is 6.76. The van der Waals surface area contributed by atoms with Crippen molar-refractivity contribution in [3.63, 3.8) is 0 Å². The summed E-state index contributed by atoms with van der Waals surface area (Å²) in [7, 11) is 0. The summed E-state index contributed by atoms with van der Waals surface area (Å²) < 4.78 is 6.10. The Morgan fingerprint density at radius 1 is 0.966 bits per heavy atom. The molecule has 0 spiro atoms. The molecule has 4 aliphatic carbocycles. The molecule has 4 saturated carbocycles. The average Bonchev–Trinajstić information content (AvgIpc) is 2.67. The minimum atomic E-state index is -0.242. The van der Waals surface area contributed by atoms with Gasteiger partial charge in [0, 0.05) is 11.8 Å². The Hall–Kier alpha value is -2.82. The Morgan fingerprint density at radius 3 is 2.21 bits per heavy atom. The topological polar surface area (TPSA) is 79.1 Å². The smallest absolute Gasteiger partial charge is 0.338 e. The van der Waals surface area contributed by atoms with E-state index in [1.807, 2.05) is 0 Å². The van der Waals surface area contributed by atoms with E-state index in [4.69, 9.17) is 4.74 Å². The van der Waals surface area contributed by atoms with Crippen LogP contribution in [-0.4, -0.2) is 28.0 Å². The number of benzene rings is 2. The van der Waals surface area contributed by atoms with E-state index in [0.717, 1.165) is 37.0 Å². The van der Waals surface area contributed by atoms with Gasteiger partial charge in [0.15, 0.2) is 0 Å². The first-order valence-electron chi connectivity index (χ1n) is 10.4.